The standard InChI is InChI=1S/C14H20N2O2/c1-16(14(17)12(15)9-18-2)13-8-7-10-5-3-4-6-11(10)13/h3-6,12-13H,7-9,15H2,1-2H3. The highest BCUT2D eigenvalue weighted by Crippen LogP contribution is 2.34. The molecular weight excluding hydrogens is 228 g/mol. The number of rotatable bonds is 4. The maximum absolute atomic E-state index is 12.2. The number of amides is 1. The molecule has 1 amide bonds. The molecule has 98 valence electrons. The van der Waals surface area contributed by atoms with Crippen LogP contribution in [0.25, 0.3) is 0 Å². The van der Waals surface area contributed by atoms with Gasteiger partial charge in [-0.2, -0.15) is 0 Å². The van der Waals surface area contributed by atoms with Crippen LogP contribution in [0.3, 0.4) is 0 Å². The number of hydrogen-bond acceptors (Lipinski definition) is 3. The minimum Gasteiger partial charge on any atom is -0.383 e. The van der Waals surface area contributed by atoms with Crippen LogP contribution in [-0.2, 0) is 16.0 Å². The van der Waals surface area contributed by atoms with E-state index in [9.17, 15) is 4.79 Å². The van der Waals surface area contributed by atoms with Crippen molar-refractivity contribution in [1.29, 1.82) is 0 Å². The number of nitrogens with zero attached hydrogens (tertiary/aromatic N) is 1. The maximum Gasteiger partial charge on any atom is 0.242 e. The van der Waals surface area contributed by atoms with E-state index in [1.807, 2.05) is 19.2 Å². The summed E-state index contributed by atoms with van der Waals surface area (Å²) in [5.41, 5.74) is 8.38. The molecule has 1 aliphatic carbocycles. The first-order valence-electron chi connectivity index (χ1n) is 6.24. The molecular formula is C14H20N2O2. The predicted octanol–water partition coefficient (Wildman–Crippen LogP) is 1.11. The van der Waals surface area contributed by atoms with Gasteiger partial charge >= 0.3 is 0 Å². The highest BCUT2D eigenvalue weighted by molar-refractivity contribution is 5.82. The average molecular weight is 248 g/mol. The Morgan fingerprint density at radius 3 is 3.00 bits per heavy atom. The van der Waals surface area contributed by atoms with Gasteiger partial charge in [0, 0.05) is 14.2 Å². The summed E-state index contributed by atoms with van der Waals surface area (Å²) in [4.78, 5) is 13.9. The smallest absolute Gasteiger partial charge is 0.242 e. The Bertz CT molecular complexity index is 434. The Labute approximate surface area is 108 Å². The summed E-state index contributed by atoms with van der Waals surface area (Å²) in [6.07, 6.45) is 2.00. The van der Waals surface area contributed by atoms with Crippen molar-refractivity contribution in [3.8, 4) is 0 Å². The van der Waals surface area contributed by atoms with Gasteiger partial charge in [0.05, 0.1) is 12.6 Å². The molecule has 0 spiro atoms. The first kappa shape index (κ1) is 13.1. The Balaban J connectivity index is 2.11. The van der Waals surface area contributed by atoms with Crippen LogP contribution in [0.1, 0.15) is 23.6 Å². The zero-order valence-electron chi connectivity index (χ0n) is 10.9. The molecule has 18 heavy (non-hydrogen) atoms. The number of ether oxygens (including phenoxy) is 1. The highest BCUT2D eigenvalue weighted by Gasteiger charge is 2.30. The summed E-state index contributed by atoms with van der Waals surface area (Å²) in [7, 11) is 3.38. The zero-order valence-corrected chi connectivity index (χ0v) is 10.9. The van der Waals surface area contributed by atoms with Gasteiger partial charge in [-0.1, -0.05) is 24.3 Å². The molecule has 0 radical (unpaired) electrons. The van der Waals surface area contributed by atoms with Gasteiger partial charge in [-0.05, 0) is 24.0 Å². The maximum atomic E-state index is 12.2. The van der Waals surface area contributed by atoms with Gasteiger partial charge in [-0.3, -0.25) is 4.79 Å². The fourth-order valence-corrected chi connectivity index (χ4v) is 2.60. The van der Waals surface area contributed by atoms with Crippen molar-refractivity contribution in [2.75, 3.05) is 20.8 Å². The molecule has 2 N–H and O–H groups in total. The number of fused-ring (bicyclic) bond motifs is 1. The molecule has 2 rings (SSSR count). The van der Waals surface area contributed by atoms with Crippen LogP contribution in [0.5, 0.6) is 0 Å². The van der Waals surface area contributed by atoms with Crippen molar-refractivity contribution in [3.63, 3.8) is 0 Å². The van der Waals surface area contributed by atoms with E-state index < -0.39 is 6.04 Å². The van der Waals surface area contributed by atoms with E-state index in [0.717, 1.165) is 12.8 Å². The molecule has 1 aromatic rings. The predicted molar refractivity (Wildman–Crippen MR) is 70.1 cm³/mol. The molecule has 4 heteroatoms. The van der Waals surface area contributed by atoms with Crippen LogP contribution in [0.2, 0.25) is 0 Å². The molecule has 1 aromatic carbocycles. The normalized spacial score (nSPS) is 19.4. The lowest BCUT2D eigenvalue weighted by Crippen LogP contribution is -2.45. The highest BCUT2D eigenvalue weighted by atomic mass is 16.5. The van der Waals surface area contributed by atoms with Crippen LogP contribution in [0.4, 0.5) is 0 Å². The molecule has 4 nitrogen and oxygen atoms in total. The van der Waals surface area contributed by atoms with Gasteiger partial charge in [0.15, 0.2) is 0 Å². The van der Waals surface area contributed by atoms with Crippen LogP contribution >= 0.6 is 0 Å². The van der Waals surface area contributed by atoms with Crippen molar-refractivity contribution >= 4 is 5.91 Å². The quantitative estimate of drug-likeness (QED) is 0.868. The van der Waals surface area contributed by atoms with Crippen molar-refractivity contribution in [3.05, 3.63) is 35.4 Å². The van der Waals surface area contributed by atoms with E-state index in [4.69, 9.17) is 10.5 Å². The van der Waals surface area contributed by atoms with E-state index in [2.05, 4.69) is 12.1 Å². The lowest BCUT2D eigenvalue weighted by Gasteiger charge is -2.27. The molecule has 0 aromatic heterocycles. The van der Waals surface area contributed by atoms with E-state index >= 15 is 0 Å². The molecule has 2 atom stereocenters. The van der Waals surface area contributed by atoms with Crippen LogP contribution < -0.4 is 5.73 Å². The number of carbonyl (C=O) groups is 1. The molecule has 0 saturated heterocycles. The van der Waals surface area contributed by atoms with E-state index in [0.29, 0.717) is 0 Å². The SMILES string of the molecule is COCC(N)C(=O)N(C)C1CCc2ccccc21. The Morgan fingerprint density at radius 1 is 1.56 bits per heavy atom. The summed E-state index contributed by atoms with van der Waals surface area (Å²) >= 11 is 0. The summed E-state index contributed by atoms with van der Waals surface area (Å²) < 4.78 is 4.93. The van der Waals surface area contributed by atoms with Crippen molar-refractivity contribution in [2.45, 2.75) is 24.9 Å². The first-order valence-corrected chi connectivity index (χ1v) is 6.24. The summed E-state index contributed by atoms with van der Waals surface area (Å²) in [5, 5.41) is 0. The molecule has 0 saturated carbocycles. The second-order valence-electron chi connectivity index (χ2n) is 4.76. The Morgan fingerprint density at radius 2 is 2.28 bits per heavy atom. The topological polar surface area (TPSA) is 55.6 Å². The number of aryl methyl sites for hydroxylation is 1. The third-order valence-corrected chi connectivity index (χ3v) is 3.58. The second-order valence-corrected chi connectivity index (χ2v) is 4.76. The lowest BCUT2D eigenvalue weighted by molar-refractivity contribution is -0.134. The number of likely N-dealkylation sites (N-methyl/N-ethyl adjacent to an activating group) is 1. The van der Waals surface area contributed by atoms with Gasteiger partial charge in [-0.15, -0.1) is 0 Å². The summed E-state index contributed by atoms with van der Waals surface area (Å²) in [6, 6.07) is 7.86. The number of carbonyl (C=O) groups excluding carboxylic acids is 1. The zero-order chi connectivity index (χ0) is 13.1. The van der Waals surface area contributed by atoms with Crippen molar-refractivity contribution in [1.82, 2.24) is 4.90 Å². The summed E-state index contributed by atoms with van der Waals surface area (Å²) in [5.74, 6) is -0.0569. The number of benzene rings is 1. The van der Waals surface area contributed by atoms with Crippen molar-refractivity contribution < 1.29 is 9.53 Å². The minimum absolute atomic E-state index is 0.0569. The fraction of sp³-hybridized carbons (Fsp3) is 0.500. The monoisotopic (exact) mass is 248 g/mol. The fourth-order valence-electron chi connectivity index (χ4n) is 2.60. The first-order chi connectivity index (χ1) is 8.65. The third kappa shape index (κ3) is 2.40. The van der Waals surface area contributed by atoms with Crippen LogP contribution in [-0.4, -0.2) is 37.6 Å². The molecule has 0 aliphatic heterocycles. The molecule has 0 bridgehead atoms. The third-order valence-electron chi connectivity index (χ3n) is 3.58. The molecule has 0 fully saturated rings. The molecule has 0 heterocycles. The molecule has 2 unspecified atom stereocenters. The number of hydrogen-bond donors (Lipinski definition) is 1. The number of methoxy groups -OCH3 is 1. The van der Waals surface area contributed by atoms with E-state index in [1.54, 1.807) is 12.0 Å². The van der Waals surface area contributed by atoms with Crippen LogP contribution in [0.15, 0.2) is 24.3 Å². The second kappa shape index (κ2) is 5.50. The van der Waals surface area contributed by atoms with Gasteiger partial charge < -0.3 is 15.4 Å². The van der Waals surface area contributed by atoms with Crippen molar-refractivity contribution in [2.24, 2.45) is 5.73 Å². The van der Waals surface area contributed by atoms with Gasteiger partial charge in [0.2, 0.25) is 5.91 Å². The summed E-state index contributed by atoms with van der Waals surface area (Å²) in [6.45, 7) is 0.261. The Kier molecular flexibility index (Phi) is 3.99. The molecule has 1 aliphatic rings. The van der Waals surface area contributed by atoms with Crippen LogP contribution in [0, 0.1) is 0 Å². The van der Waals surface area contributed by atoms with Gasteiger partial charge in [0.1, 0.15) is 6.04 Å². The minimum atomic E-state index is -0.576. The average Bonchev–Trinajstić information content (AvgIpc) is 2.81. The van der Waals surface area contributed by atoms with Gasteiger partial charge in [0.25, 0.3) is 0 Å². The largest absolute Gasteiger partial charge is 0.383 e. The van der Waals surface area contributed by atoms with E-state index in [-0.39, 0.29) is 18.6 Å². The Hall–Kier alpha value is -1.39. The lowest BCUT2D eigenvalue weighted by atomic mass is 10.1. The van der Waals surface area contributed by atoms with E-state index in [1.165, 1.54) is 11.1 Å². The number of nitrogens with two attached hydrogens (primary N) is 1. The van der Waals surface area contributed by atoms with Gasteiger partial charge in [-0.25, -0.2) is 0 Å².